The van der Waals surface area contributed by atoms with E-state index >= 15 is 0 Å². The Morgan fingerprint density at radius 1 is 1.10 bits per heavy atom. The zero-order valence-electron chi connectivity index (χ0n) is 17.5. The fraction of sp³-hybridized carbons (Fsp3) is 0.458. The van der Waals surface area contributed by atoms with Gasteiger partial charge in [-0.3, -0.25) is 4.79 Å². The first kappa shape index (κ1) is 21.8. The smallest absolute Gasteiger partial charge is 0.306 e. The number of aliphatic carboxylic acids is 1. The highest BCUT2D eigenvalue weighted by molar-refractivity contribution is 7.88. The summed E-state index contributed by atoms with van der Waals surface area (Å²) in [5.41, 5.74) is 3.43. The zero-order chi connectivity index (χ0) is 21.9. The van der Waals surface area contributed by atoms with Gasteiger partial charge in [0.25, 0.3) is 0 Å². The maximum Gasteiger partial charge on any atom is 0.306 e. The second-order valence-corrected chi connectivity index (χ2v) is 10.5. The summed E-state index contributed by atoms with van der Waals surface area (Å²) in [6.45, 7) is 0.457. The van der Waals surface area contributed by atoms with Crippen LogP contribution in [0.15, 0.2) is 48.5 Å². The lowest BCUT2D eigenvalue weighted by atomic mass is 9.67. The fourth-order valence-electron chi connectivity index (χ4n) is 5.01. The Kier molecular flexibility index (Phi) is 6.34. The molecule has 0 aromatic heterocycles. The van der Waals surface area contributed by atoms with Gasteiger partial charge in [-0.2, -0.15) is 0 Å². The minimum atomic E-state index is -3.41. The van der Waals surface area contributed by atoms with E-state index in [0.29, 0.717) is 0 Å². The summed E-state index contributed by atoms with van der Waals surface area (Å²) in [5, 5.41) is 9.30. The number of hydrogen-bond donors (Lipinski definition) is 2. The van der Waals surface area contributed by atoms with Crippen LogP contribution in [0.1, 0.15) is 48.8 Å². The molecule has 166 valence electrons. The molecule has 2 aliphatic carbocycles. The minimum Gasteiger partial charge on any atom is -0.492 e. The summed E-state index contributed by atoms with van der Waals surface area (Å²) in [6.07, 6.45) is 5.34. The van der Waals surface area contributed by atoms with Crippen molar-refractivity contribution < 1.29 is 23.1 Å². The first-order chi connectivity index (χ1) is 14.9. The molecule has 0 bridgehead atoms. The van der Waals surface area contributed by atoms with E-state index in [4.69, 9.17) is 4.74 Å². The van der Waals surface area contributed by atoms with Gasteiger partial charge in [0.2, 0.25) is 10.0 Å². The third kappa shape index (κ3) is 5.10. The predicted molar refractivity (Wildman–Crippen MR) is 119 cm³/mol. The van der Waals surface area contributed by atoms with E-state index in [-0.39, 0.29) is 30.2 Å². The number of fused-ring (bicyclic) bond motifs is 2. The average Bonchev–Trinajstić information content (AvgIpc) is 3.09. The Bertz CT molecular complexity index is 1030. The fourth-order valence-corrected chi connectivity index (χ4v) is 6.14. The van der Waals surface area contributed by atoms with Gasteiger partial charge in [-0.1, -0.05) is 36.4 Å². The van der Waals surface area contributed by atoms with E-state index in [0.717, 1.165) is 49.8 Å². The molecule has 2 aromatic carbocycles. The number of hydrogen-bond acceptors (Lipinski definition) is 4. The summed E-state index contributed by atoms with van der Waals surface area (Å²) in [4.78, 5) is 11.3. The second-order valence-electron chi connectivity index (χ2n) is 8.70. The standard InChI is InChI=1S/C24H29NO5S/c26-23(27)20-9-12-24(13-10-20)11-8-19-6-7-21(16-22(19)24)30-15-14-25-31(28,29)17-18-4-2-1-3-5-18/h1-7,16,20,25H,8-15,17H2,(H,26,27). The Balaban J connectivity index is 1.32. The van der Waals surface area contributed by atoms with Gasteiger partial charge in [0.15, 0.2) is 0 Å². The number of nitrogens with one attached hydrogen (secondary N) is 1. The minimum absolute atomic E-state index is 0.0491. The van der Waals surface area contributed by atoms with Crippen molar-refractivity contribution in [2.24, 2.45) is 5.92 Å². The lowest BCUT2D eigenvalue weighted by Crippen LogP contribution is -2.32. The molecule has 7 heteroatoms. The van der Waals surface area contributed by atoms with Crippen molar-refractivity contribution in [2.45, 2.75) is 49.7 Å². The number of carboxylic acids is 1. The molecule has 1 saturated carbocycles. The van der Waals surface area contributed by atoms with Gasteiger partial charge in [0.1, 0.15) is 12.4 Å². The van der Waals surface area contributed by atoms with Crippen molar-refractivity contribution in [3.05, 3.63) is 65.2 Å². The summed E-state index contributed by atoms with van der Waals surface area (Å²) in [7, 11) is -3.41. The molecule has 2 aromatic rings. The van der Waals surface area contributed by atoms with Crippen molar-refractivity contribution in [1.29, 1.82) is 0 Å². The van der Waals surface area contributed by atoms with E-state index < -0.39 is 16.0 Å². The molecule has 1 spiro atoms. The topological polar surface area (TPSA) is 92.7 Å². The number of carboxylic acid groups (broad SMARTS) is 1. The van der Waals surface area contributed by atoms with Crippen molar-refractivity contribution in [2.75, 3.05) is 13.2 Å². The van der Waals surface area contributed by atoms with E-state index in [1.807, 2.05) is 24.3 Å². The molecule has 0 atom stereocenters. The highest BCUT2D eigenvalue weighted by Crippen LogP contribution is 2.50. The lowest BCUT2D eigenvalue weighted by molar-refractivity contribution is -0.143. The van der Waals surface area contributed by atoms with Crippen LogP contribution in [0.4, 0.5) is 0 Å². The SMILES string of the molecule is O=C(O)C1CCC2(CCc3ccc(OCCNS(=O)(=O)Cc4ccccc4)cc32)CC1. The molecule has 0 radical (unpaired) electrons. The molecule has 0 amide bonds. The molecule has 2 N–H and O–H groups in total. The monoisotopic (exact) mass is 443 g/mol. The molecule has 2 aliphatic rings. The number of rotatable bonds is 8. The third-order valence-corrected chi connectivity index (χ3v) is 8.07. The van der Waals surface area contributed by atoms with Gasteiger partial charge >= 0.3 is 5.97 Å². The van der Waals surface area contributed by atoms with Crippen molar-refractivity contribution in [3.63, 3.8) is 0 Å². The van der Waals surface area contributed by atoms with Crippen molar-refractivity contribution in [3.8, 4) is 5.75 Å². The van der Waals surface area contributed by atoms with Crippen molar-refractivity contribution >= 4 is 16.0 Å². The van der Waals surface area contributed by atoms with Crippen LogP contribution in [-0.4, -0.2) is 32.6 Å². The Morgan fingerprint density at radius 3 is 2.55 bits per heavy atom. The van der Waals surface area contributed by atoms with E-state index in [1.165, 1.54) is 11.1 Å². The molecule has 0 saturated heterocycles. The maximum absolute atomic E-state index is 12.2. The van der Waals surface area contributed by atoms with Crippen LogP contribution in [-0.2, 0) is 32.4 Å². The quantitative estimate of drug-likeness (QED) is 0.608. The van der Waals surface area contributed by atoms with Crippen LogP contribution in [0.3, 0.4) is 0 Å². The summed E-state index contributed by atoms with van der Waals surface area (Å²) in [6, 6.07) is 15.2. The van der Waals surface area contributed by atoms with E-state index in [9.17, 15) is 18.3 Å². The molecule has 1 fully saturated rings. The lowest BCUT2D eigenvalue weighted by Gasteiger charge is -2.37. The molecular formula is C24H29NO5S. The van der Waals surface area contributed by atoms with E-state index in [2.05, 4.69) is 16.9 Å². The molecule has 0 unspecified atom stereocenters. The second kappa shape index (κ2) is 9.01. The van der Waals surface area contributed by atoms with Crippen LogP contribution in [0.5, 0.6) is 5.75 Å². The first-order valence-electron chi connectivity index (χ1n) is 10.9. The van der Waals surface area contributed by atoms with Crippen LogP contribution in [0.2, 0.25) is 0 Å². The predicted octanol–water partition coefficient (Wildman–Crippen LogP) is 3.64. The van der Waals surface area contributed by atoms with Gasteiger partial charge in [-0.15, -0.1) is 0 Å². The highest BCUT2D eigenvalue weighted by Gasteiger charge is 2.43. The summed E-state index contributed by atoms with van der Waals surface area (Å²) < 4.78 is 32.9. The number of carbonyl (C=O) groups is 1. The Hall–Kier alpha value is -2.38. The zero-order valence-corrected chi connectivity index (χ0v) is 18.4. The number of benzene rings is 2. The average molecular weight is 444 g/mol. The molecule has 0 heterocycles. The van der Waals surface area contributed by atoms with Gasteiger partial charge in [-0.05, 0) is 72.8 Å². The molecular weight excluding hydrogens is 414 g/mol. The number of sulfonamides is 1. The van der Waals surface area contributed by atoms with E-state index in [1.54, 1.807) is 12.1 Å². The van der Waals surface area contributed by atoms with Crippen LogP contribution >= 0.6 is 0 Å². The highest BCUT2D eigenvalue weighted by atomic mass is 32.2. The third-order valence-electron chi connectivity index (χ3n) is 6.71. The molecule has 0 aliphatic heterocycles. The van der Waals surface area contributed by atoms with Gasteiger partial charge in [-0.25, -0.2) is 13.1 Å². The van der Waals surface area contributed by atoms with Crippen molar-refractivity contribution in [1.82, 2.24) is 4.72 Å². The summed E-state index contributed by atoms with van der Waals surface area (Å²) >= 11 is 0. The largest absolute Gasteiger partial charge is 0.492 e. The molecule has 4 rings (SSSR count). The Labute approximate surface area is 183 Å². The molecule has 31 heavy (non-hydrogen) atoms. The number of ether oxygens (including phenoxy) is 1. The van der Waals surface area contributed by atoms with Gasteiger partial charge in [0, 0.05) is 6.54 Å². The van der Waals surface area contributed by atoms with Gasteiger partial charge in [0.05, 0.1) is 11.7 Å². The van der Waals surface area contributed by atoms with Crippen LogP contribution in [0.25, 0.3) is 0 Å². The van der Waals surface area contributed by atoms with Gasteiger partial charge < -0.3 is 9.84 Å². The maximum atomic E-state index is 12.2. The number of aryl methyl sites for hydroxylation is 1. The normalized spacial score (nSPS) is 22.9. The van der Waals surface area contributed by atoms with Crippen LogP contribution < -0.4 is 9.46 Å². The molecule has 6 nitrogen and oxygen atoms in total. The first-order valence-corrected chi connectivity index (χ1v) is 12.5. The van der Waals surface area contributed by atoms with Crippen LogP contribution in [0, 0.1) is 5.92 Å². The summed E-state index contributed by atoms with van der Waals surface area (Å²) in [5.74, 6) is -0.215. The Morgan fingerprint density at radius 2 is 1.84 bits per heavy atom.